The smallest absolute Gasteiger partial charge is 0.248 e. The standard InChI is InChI=1S/C14H8Cl2N2O2.C6H12O/c15-9-3-8(4-10(16)6-9)14-18-11-2-1-7(13(17)19)5-12(11)20-14;7-6-4-2-1-3-5-6/h1-6H,(H2,17,19);6-7H,1-5H2. The van der Waals surface area contributed by atoms with E-state index in [-0.39, 0.29) is 6.10 Å². The average Bonchev–Trinajstić information content (AvgIpc) is 3.05. The lowest BCUT2D eigenvalue weighted by Crippen LogP contribution is -2.10. The molecule has 1 aliphatic carbocycles. The van der Waals surface area contributed by atoms with E-state index in [2.05, 4.69) is 4.98 Å². The van der Waals surface area contributed by atoms with E-state index in [0.29, 0.717) is 38.2 Å². The SMILES string of the molecule is NC(=O)c1ccc2nc(-c3cc(Cl)cc(Cl)c3)oc2c1.OC1CCCCC1. The van der Waals surface area contributed by atoms with Crippen LogP contribution < -0.4 is 5.73 Å². The van der Waals surface area contributed by atoms with E-state index in [1.54, 1.807) is 36.4 Å². The van der Waals surface area contributed by atoms with Crippen LogP contribution in [0.1, 0.15) is 42.5 Å². The number of benzene rings is 2. The first kappa shape index (κ1) is 19.7. The Labute approximate surface area is 167 Å². The Balaban J connectivity index is 0.000000253. The summed E-state index contributed by atoms with van der Waals surface area (Å²) in [5.41, 5.74) is 7.36. The van der Waals surface area contributed by atoms with Crippen LogP contribution in [-0.2, 0) is 0 Å². The van der Waals surface area contributed by atoms with Crippen molar-refractivity contribution in [1.29, 1.82) is 0 Å². The molecule has 1 fully saturated rings. The maximum Gasteiger partial charge on any atom is 0.248 e. The van der Waals surface area contributed by atoms with Gasteiger partial charge < -0.3 is 15.3 Å². The number of oxazole rings is 1. The summed E-state index contributed by atoms with van der Waals surface area (Å²) < 4.78 is 5.62. The molecule has 2 aromatic carbocycles. The number of carbonyl (C=O) groups is 1. The fourth-order valence-corrected chi connectivity index (χ4v) is 3.49. The second-order valence-corrected chi connectivity index (χ2v) is 7.39. The lowest BCUT2D eigenvalue weighted by Gasteiger charge is -2.14. The van der Waals surface area contributed by atoms with E-state index >= 15 is 0 Å². The predicted octanol–water partition coefficient (Wildman–Crippen LogP) is 5.21. The highest BCUT2D eigenvalue weighted by Crippen LogP contribution is 2.29. The first-order valence-corrected chi connectivity index (χ1v) is 9.53. The molecule has 0 atom stereocenters. The van der Waals surface area contributed by atoms with Crippen LogP contribution >= 0.6 is 23.2 Å². The zero-order chi connectivity index (χ0) is 19.4. The van der Waals surface area contributed by atoms with E-state index < -0.39 is 5.91 Å². The van der Waals surface area contributed by atoms with E-state index in [4.69, 9.17) is 38.5 Å². The fraction of sp³-hybridized carbons (Fsp3) is 0.300. The molecular formula is C20H20Cl2N2O3. The number of rotatable bonds is 2. The zero-order valence-corrected chi connectivity index (χ0v) is 16.1. The van der Waals surface area contributed by atoms with Crippen molar-refractivity contribution in [2.75, 3.05) is 0 Å². The molecule has 1 heterocycles. The largest absolute Gasteiger partial charge is 0.436 e. The minimum Gasteiger partial charge on any atom is -0.436 e. The van der Waals surface area contributed by atoms with Gasteiger partial charge in [-0.1, -0.05) is 42.5 Å². The topological polar surface area (TPSA) is 89.4 Å². The minimum absolute atomic E-state index is 0.0359. The van der Waals surface area contributed by atoms with Crippen LogP contribution in [0.5, 0.6) is 0 Å². The van der Waals surface area contributed by atoms with Crippen LogP contribution in [-0.4, -0.2) is 22.1 Å². The van der Waals surface area contributed by atoms with Crippen LogP contribution in [0.3, 0.4) is 0 Å². The Hall–Kier alpha value is -2.08. The summed E-state index contributed by atoms with van der Waals surface area (Å²) in [5.74, 6) is -0.137. The summed E-state index contributed by atoms with van der Waals surface area (Å²) in [6.45, 7) is 0. The molecule has 1 saturated carbocycles. The summed E-state index contributed by atoms with van der Waals surface area (Å²) in [4.78, 5) is 15.5. The van der Waals surface area contributed by atoms with Crippen molar-refractivity contribution >= 4 is 40.2 Å². The van der Waals surface area contributed by atoms with Gasteiger partial charge in [-0.15, -0.1) is 0 Å². The molecule has 27 heavy (non-hydrogen) atoms. The van der Waals surface area contributed by atoms with E-state index in [9.17, 15) is 4.79 Å². The number of aliphatic hydroxyl groups is 1. The summed E-state index contributed by atoms with van der Waals surface area (Å²) >= 11 is 11.9. The number of primary amides is 1. The normalized spacial score (nSPS) is 14.6. The number of halogens is 2. The third-order valence-corrected chi connectivity index (χ3v) is 4.79. The van der Waals surface area contributed by atoms with Crippen LogP contribution in [0.25, 0.3) is 22.6 Å². The zero-order valence-electron chi connectivity index (χ0n) is 14.6. The number of nitrogens with zero attached hydrogens (tertiary/aromatic N) is 1. The van der Waals surface area contributed by atoms with Crippen LogP contribution in [0.2, 0.25) is 10.0 Å². The highest BCUT2D eigenvalue weighted by atomic mass is 35.5. The van der Waals surface area contributed by atoms with Crippen molar-refractivity contribution in [3.63, 3.8) is 0 Å². The van der Waals surface area contributed by atoms with Crippen molar-refractivity contribution in [3.05, 3.63) is 52.0 Å². The average molecular weight is 407 g/mol. The maximum atomic E-state index is 11.1. The Morgan fingerprint density at radius 2 is 1.74 bits per heavy atom. The molecule has 3 N–H and O–H groups in total. The van der Waals surface area contributed by atoms with Gasteiger partial charge in [-0.25, -0.2) is 4.98 Å². The minimum atomic E-state index is -0.518. The Kier molecular flexibility index (Phi) is 6.37. The lowest BCUT2D eigenvalue weighted by atomic mass is 9.98. The summed E-state index contributed by atoms with van der Waals surface area (Å²) in [6, 6.07) is 9.86. The van der Waals surface area contributed by atoms with Gasteiger partial charge in [0.25, 0.3) is 0 Å². The Morgan fingerprint density at radius 1 is 1.07 bits per heavy atom. The Morgan fingerprint density at radius 3 is 2.30 bits per heavy atom. The molecule has 5 nitrogen and oxygen atoms in total. The molecule has 1 aromatic heterocycles. The van der Waals surface area contributed by atoms with E-state index in [0.717, 1.165) is 12.8 Å². The van der Waals surface area contributed by atoms with Gasteiger partial charge in [0.2, 0.25) is 11.8 Å². The van der Waals surface area contributed by atoms with Crippen LogP contribution in [0.4, 0.5) is 0 Å². The highest BCUT2D eigenvalue weighted by Gasteiger charge is 2.11. The molecule has 0 saturated heterocycles. The van der Waals surface area contributed by atoms with Gasteiger partial charge in [-0.05, 0) is 49.2 Å². The molecule has 0 radical (unpaired) electrons. The summed E-state index contributed by atoms with van der Waals surface area (Å²) in [7, 11) is 0. The first-order chi connectivity index (χ1) is 12.9. The van der Waals surface area contributed by atoms with Gasteiger partial charge in [0.1, 0.15) is 5.52 Å². The van der Waals surface area contributed by atoms with Gasteiger partial charge in [0.05, 0.1) is 6.10 Å². The number of hydrogen-bond donors (Lipinski definition) is 2. The van der Waals surface area contributed by atoms with E-state index in [1.807, 2.05) is 0 Å². The van der Waals surface area contributed by atoms with Crippen molar-refractivity contribution in [2.45, 2.75) is 38.2 Å². The molecule has 0 spiro atoms. The quantitative estimate of drug-likeness (QED) is 0.610. The van der Waals surface area contributed by atoms with E-state index in [1.165, 1.54) is 19.3 Å². The van der Waals surface area contributed by atoms with Gasteiger partial charge in [-0.3, -0.25) is 4.79 Å². The molecule has 7 heteroatoms. The number of amides is 1. The van der Waals surface area contributed by atoms with Crippen LogP contribution in [0, 0.1) is 0 Å². The number of nitrogens with two attached hydrogens (primary N) is 1. The number of aromatic nitrogens is 1. The number of carbonyl (C=O) groups excluding carboxylic acids is 1. The van der Waals surface area contributed by atoms with Gasteiger partial charge in [0.15, 0.2) is 5.58 Å². The van der Waals surface area contributed by atoms with Gasteiger partial charge in [0, 0.05) is 21.2 Å². The lowest BCUT2D eigenvalue weighted by molar-refractivity contribution is 0.1000. The van der Waals surface area contributed by atoms with Crippen molar-refractivity contribution in [2.24, 2.45) is 5.73 Å². The summed E-state index contributed by atoms with van der Waals surface area (Å²) in [6.07, 6.45) is 5.92. The molecule has 4 rings (SSSR count). The fourth-order valence-electron chi connectivity index (χ4n) is 2.96. The maximum absolute atomic E-state index is 11.1. The third kappa shape index (κ3) is 5.22. The monoisotopic (exact) mass is 406 g/mol. The van der Waals surface area contributed by atoms with Gasteiger partial charge in [-0.2, -0.15) is 0 Å². The van der Waals surface area contributed by atoms with Crippen molar-refractivity contribution < 1.29 is 14.3 Å². The summed E-state index contributed by atoms with van der Waals surface area (Å²) in [5, 5.41) is 9.90. The second-order valence-electron chi connectivity index (χ2n) is 6.52. The molecule has 3 aromatic rings. The molecular weight excluding hydrogens is 387 g/mol. The molecule has 0 bridgehead atoms. The highest BCUT2D eigenvalue weighted by molar-refractivity contribution is 6.35. The number of aliphatic hydroxyl groups excluding tert-OH is 1. The van der Waals surface area contributed by atoms with Crippen molar-refractivity contribution in [3.8, 4) is 11.5 Å². The molecule has 142 valence electrons. The number of fused-ring (bicyclic) bond motifs is 1. The second kappa shape index (κ2) is 8.74. The van der Waals surface area contributed by atoms with Gasteiger partial charge >= 0.3 is 0 Å². The van der Waals surface area contributed by atoms with Crippen molar-refractivity contribution in [1.82, 2.24) is 4.98 Å². The Bertz CT molecular complexity index is 929. The molecule has 0 aliphatic heterocycles. The van der Waals surface area contributed by atoms with Crippen LogP contribution in [0.15, 0.2) is 40.8 Å². The molecule has 1 aliphatic rings. The third-order valence-electron chi connectivity index (χ3n) is 4.36. The molecule has 0 unspecified atom stereocenters. The number of hydrogen-bond acceptors (Lipinski definition) is 4. The molecule has 1 amide bonds. The predicted molar refractivity (Wildman–Crippen MR) is 107 cm³/mol. The first-order valence-electron chi connectivity index (χ1n) is 8.77.